The Bertz CT molecular complexity index is 692. The standard InChI is InChI=1S/C11H12N2O2.Mn.H2O4S/c12-9(11(14)15)5-7-6-13-10-4-2-1-3-8(7)10;;1-5(2,3)4/h1-4,6,9,13H,5,12H2,(H,14,15);;(H2,1,2,3,4)/q;+2;/p-2. The molecule has 1 aromatic carbocycles. The van der Waals surface area contributed by atoms with Gasteiger partial charge in [0.2, 0.25) is 0 Å². The Morgan fingerprint density at radius 2 is 1.86 bits per heavy atom. The van der Waals surface area contributed by atoms with Crippen molar-refractivity contribution in [1.29, 1.82) is 0 Å². The zero-order valence-corrected chi connectivity index (χ0v) is 12.5. The fourth-order valence-electron chi connectivity index (χ4n) is 1.62. The number of carboxylic acids is 1. The van der Waals surface area contributed by atoms with Crippen molar-refractivity contribution in [1.82, 2.24) is 4.98 Å². The van der Waals surface area contributed by atoms with Gasteiger partial charge in [0.15, 0.2) is 0 Å². The van der Waals surface area contributed by atoms with Crippen LogP contribution in [-0.4, -0.2) is 39.6 Å². The van der Waals surface area contributed by atoms with E-state index in [1.807, 2.05) is 30.5 Å². The van der Waals surface area contributed by atoms with E-state index in [-0.39, 0.29) is 17.1 Å². The van der Waals surface area contributed by atoms with Gasteiger partial charge in [0.25, 0.3) is 0 Å². The van der Waals surface area contributed by atoms with Gasteiger partial charge >= 0.3 is 23.0 Å². The summed E-state index contributed by atoms with van der Waals surface area (Å²) in [5, 5.41) is 9.75. The van der Waals surface area contributed by atoms with Crippen LogP contribution >= 0.6 is 0 Å². The molecule has 0 fully saturated rings. The summed E-state index contributed by atoms with van der Waals surface area (Å²) in [4.78, 5) is 13.7. The van der Waals surface area contributed by atoms with Crippen molar-refractivity contribution in [2.45, 2.75) is 12.5 Å². The molecule has 0 aliphatic heterocycles. The first-order valence-corrected chi connectivity index (χ1v) is 6.72. The van der Waals surface area contributed by atoms with E-state index in [0.717, 1.165) is 16.5 Å². The van der Waals surface area contributed by atoms with Crippen molar-refractivity contribution >= 4 is 27.3 Å². The topological polar surface area (TPSA) is 159 Å². The molecular formula is C11H12MnN2O6S. The molecule has 21 heavy (non-hydrogen) atoms. The summed E-state index contributed by atoms with van der Waals surface area (Å²) in [7, 11) is -5.17. The molecule has 0 amide bonds. The van der Waals surface area contributed by atoms with Gasteiger partial charge in [-0.05, 0) is 11.6 Å². The largest absolute Gasteiger partial charge is 2.00 e. The maximum absolute atomic E-state index is 10.6. The zero-order chi connectivity index (χ0) is 15.3. The second-order valence-electron chi connectivity index (χ2n) is 3.92. The minimum Gasteiger partial charge on any atom is -0.759 e. The van der Waals surface area contributed by atoms with Gasteiger partial charge in [-0.25, -0.2) is 0 Å². The Morgan fingerprint density at radius 3 is 2.38 bits per heavy atom. The Labute approximate surface area is 131 Å². The number of para-hydroxylation sites is 1. The van der Waals surface area contributed by atoms with E-state index in [0.29, 0.717) is 6.42 Å². The van der Waals surface area contributed by atoms with Crippen molar-refractivity contribution in [3.8, 4) is 0 Å². The first-order valence-electron chi connectivity index (χ1n) is 5.38. The number of carbonyl (C=O) groups is 1. The number of hydrogen-bond donors (Lipinski definition) is 3. The average molecular weight is 355 g/mol. The van der Waals surface area contributed by atoms with Gasteiger partial charge in [0.1, 0.15) is 6.04 Å². The predicted octanol–water partition coefficient (Wildman–Crippen LogP) is -0.218. The van der Waals surface area contributed by atoms with E-state index < -0.39 is 22.4 Å². The quantitative estimate of drug-likeness (QED) is 0.390. The zero-order valence-electron chi connectivity index (χ0n) is 10.5. The van der Waals surface area contributed by atoms with Gasteiger partial charge in [0, 0.05) is 33.9 Å². The average Bonchev–Trinajstić information content (AvgIpc) is 2.70. The molecule has 0 aliphatic carbocycles. The molecule has 0 bridgehead atoms. The molecule has 0 aliphatic rings. The fraction of sp³-hybridized carbons (Fsp3) is 0.182. The van der Waals surface area contributed by atoms with Crippen LogP contribution in [0.4, 0.5) is 0 Å². The molecule has 8 nitrogen and oxygen atoms in total. The van der Waals surface area contributed by atoms with Crippen LogP contribution in [0, 0.1) is 0 Å². The molecule has 115 valence electrons. The Morgan fingerprint density at radius 1 is 1.33 bits per heavy atom. The Hall–Kier alpha value is -1.42. The Kier molecular flexibility index (Phi) is 7.58. The minimum atomic E-state index is -5.17. The minimum absolute atomic E-state index is 0. The number of benzene rings is 1. The number of fused-ring (bicyclic) bond motifs is 1. The normalized spacial score (nSPS) is 12.0. The van der Waals surface area contributed by atoms with Gasteiger partial charge in [0.05, 0.1) is 0 Å². The van der Waals surface area contributed by atoms with Gasteiger partial charge in [-0.15, -0.1) is 0 Å². The number of aromatic nitrogens is 1. The summed E-state index contributed by atoms with van der Waals surface area (Å²) < 4.78 is 34.1. The van der Waals surface area contributed by atoms with Crippen molar-refractivity contribution in [3.05, 3.63) is 36.0 Å². The van der Waals surface area contributed by atoms with E-state index in [1.165, 1.54) is 0 Å². The third kappa shape index (κ3) is 7.23. The second-order valence-corrected chi connectivity index (χ2v) is 4.73. The number of hydrogen-bond acceptors (Lipinski definition) is 6. The van der Waals surface area contributed by atoms with Gasteiger partial charge < -0.3 is 24.9 Å². The molecule has 1 atom stereocenters. The first kappa shape index (κ1) is 19.6. The molecule has 4 N–H and O–H groups in total. The number of aliphatic carboxylic acids is 1. The second kappa shape index (κ2) is 8.13. The molecule has 10 heteroatoms. The van der Waals surface area contributed by atoms with Crippen LogP contribution in [0.1, 0.15) is 5.56 Å². The van der Waals surface area contributed by atoms with Crippen molar-refractivity contribution in [3.63, 3.8) is 0 Å². The third-order valence-electron chi connectivity index (χ3n) is 2.43. The van der Waals surface area contributed by atoms with Crippen LogP contribution in [0.5, 0.6) is 0 Å². The number of H-pyrrole nitrogens is 1. The summed E-state index contributed by atoms with van der Waals surface area (Å²) in [5.41, 5.74) is 7.43. The molecular weight excluding hydrogens is 343 g/mol. The van der Waals surface area contributed by atoms with Crippen molar-refractivity contribution < 1.29 is 44.5 Å². The number of aromatic amines is 1. The van der Waals surface area contributed by atoms with Gasteiger partial charge in [-0.2, -0.15) is 0 Å². The summed E-state index contributed by atoms with van der Waals surface area (Å²) in [6.45, 7) is 0. The molecule has 1 aromatic heterocycles. The molecule has 0 spiro atoms. The molecule has 1 heterocycles. The SMILES string of the molecule is NC(Cc1c[nH]c2ccccc12)C(=O)O.O=S(=O)([O-])[O-].[Mn+2]. The summed E-state index contributed by atoms with van der Waals surface area (Å²) in [6, 6.07) is 6.91. The van der Waals surface area contributed by atoms with Crippen LogP contribution < -0.4 is 5.73 Å². The molecule has 1 radical (unpaired) electrons. The predicted molar refractivity (Wildman–Crippen MR) is 68.1 cm³/mol. The number of nitrogens with two attached hydrogens (primary N) is 1. The molecule has 0 saturated carbocycles. The third-order valence-corrected chi connectivity index (χ3v) is 2.43. The van der Waals surface area contributed by atoms with Crippen LogP contribution in [0.2, 0.25) is 0 Å². The van der Waals surface area contributed by atoms with E-state index in [2.05, 4.69) is 4.98 Å². The van der Waals surface area contributed by atoms with Crippen LogP contribution in [-0.2, 0) is 38.7 Å². The van der Waals surface area contributed by atoms with Crippen molar-refractivity contribution in [2.24, 2.45) is 5.73 Å². The van der Waals surface area contributed by atoms with E-state index in [9.17, 15) is 4.79 Å². The van der Waals surface area contributed by atoms with Crippen molar-refractivity contribution in [2.75, 3.05) is 0 Å². The maximum Gasteiger partial charge on any atom is 2.00 e. The van der Waals surface area contributed by atoms with Gasteiger partial charge in [-0.1, -0.05) is 18.2 Å². The molecule has 2 rings (SSSR count). The van der Waals surface area contributed by atoms with Crippen LogP contribution in [0.15, 0.2) is 30.5 Å². The fourth-order valence-corrected chi connectivity index (χ4v) is 1.62. The summed E-state index contributed by atoms with van der Waals surface area (Å²) in [5.74, 6) is -0.972. The van der Waals surface area contributed by atoms with E-state index in [4.69, 9.17) is 28.4 Å². The van der Waals surface area contributed by atoms with Crippen LogP contribution in [0.3, 0.4) is 0 Å². The first-order chi connectivity index (χ1) is 9.18. The van der Waals surface area contributed by atoms with E-state index >= 15 is 0 Å². The monoisotopic (exact) mass is 355 g/mol. The molecule has 2 aromatic rings. The van der Waals surface area contributed by atoms with Gasteiger partial charge in [-0.3, -0.25) is 13.2 Å². The Balaban J connectivity index is 0.000000583. The maximum atomic E-state index is 10.6. The van der Waals surface area contributed by atoms with Crippen LogP contribution in [0.25, 0.3) is 10.9 Å². The number of nitrogens with one attached hydrogen (secondary N) is 1. The number of rotatable bonds is 3. The smallest absolute Gasteiger partial charge is 0.759 e. The van der Waals surface area contributed by atoms with E-state index in [1.54, 1.807) is 0 Å². The molecule has 0 saturated heterocycles. The molecule has 1 unspecified atom stereocenters. The summed E-state index contributed by atoms with van der Waals surface area (Å²) in [6.07, 6.45) is 2.16. The summed E-state index contributed by atoms with van der Waals surface area (Å²) >= 11 is 0. The number of carboxylic acid groups (broad SMARTS) is 1.